The van der Waals surface area contributed by atoms with Crippen LogP contribution in [0.25, 0.3) is 0 Å². The average molecular weight is 189 g/mol. The molecule has 0 aliphatic heterocycles. The van der Waals surface area contributed by atoms with Crippen LogP contribution in [0.5, 0.6) is 0 Å². The number of benzene rings is 1. The van der Waals surface area contributed by atoms with Crippen molar-refractivity contribution in [2.75, 3.05) is 0 Å². The van der Waals surface area contributed by atoms with Crippen molar-refractivity contribution in [1.29, 1.82) is 0 Å². The van der Waals surface area contributed by atoms with Crippen LogP contribution in [0.3, 0.4) is 0 Å². The molecule has 0 heterocycles. The molecule has 0 saturated carbocycles. The molecule has 1 aromatic rings. The molecular weight excluding hydrogens is 179 g/mol. The lowest BCUT2D eigenvalue weighted by atomic mass is 10.1. The molecule has 0 aliphatic carbocycles. The second-order valence-corrected chi connectivity index (χ2v) is 3.33. The smallest absolute Gasteiger partial charge is 0.0597 e. The molecule has 0 amide bonds. The Morgan fingerprint density at radius 1 is 1.36 bits per heavy atom. The fourth-order valence-electron chi connectivity index (χ4n) is 0.949. The summed E-state index contributed by atoms with van der Waals surface area (Å²) < 4.78 is 0. The van der Waals surface area contributed by atoms with Crippen molar-refractivity contribution in [2.24, 2.45) is 0 Å². The highest BCUT2D eigenvalue weighted by molar-refractivity contribution is 6.32. The van der Waals surface area contributed by atoms with Crippen molar-refractivity contribution in [3.05, 3.63) is 34.9 Å². The van der Waals surface area contributed by atoms with Crippen LogP contribution in [0, 0.1) is 0 Å². The van der Waals surface area contributed by atoms with Gasteiger partial charge in [0.05, 0.1) is 5.38 Å². The van der Waals surface area contributed by atoms with E-state index in [9.17, 15) is 0 Å². The lowest BCUT2D eigenvalue weighted by Gasteiger charge is -2.07. The molecule has 2 heteroatoms. The van der Waals surface area contributed by atoms with Gasteiger partial charge in [-0.2, -0.15) is 0 Å². The molecule has 1 atom stereocenters. The molecule has 60 valence electrons. The van der Waals surface area contributed by atoms with Gasteiger partial charge >= 0.3 is 0 Å². The molecule has 0 bridgehead atoms. The van der Waals surface area contributed by atoms with E-state index in [0.29, 0.717) is 0 Å². The van der Waals surface area contributed by atoms with Crippen LogP contribution in [0.1, 0.15) is 24.3 Å². The highest BCUT2D eigenvalue weighted by Crippen LogP contribution is 2.29. The molecule has 0 fully saturated rings. The standard InChI is InChI=1S/C9H10Cl2/c1-2-8(10)7-5-3-4-6-9(7)11/h3-6,8H,2H2,1H3. The second-order valence-electron chi connectivity index (χ2n) is 2.40. The van der Waals surface area contributed by atoms with Gasteiger partial charge in [-0.15, -0.1) is 11.6 Å². The van der Waals surface area contributed by atoms with Gasteiger partial charge in [0, 0.05) is 5.02 Å². The molecule has 0 aromatic heterocycles. The quantitative estimate of drug-likeness (QED) is 0.616. The van der Waals surface area contributed by atoms with Gasteiger partial charge in [-0.3, -0.25) is 0 Å². The van der Waals surface area contributed by atoms with Crippen LogP contribution in [0.15, 0.2) is 24.3 Å². The molecule has 0 nitrogen and oxygen atoms in total. The maximum atomic E-state index is 6.01. The molecule has 0 N–H and O–H groups in total. The van der Waals surface area contributed by atoms with Crippen LogP contribution in [0.4, 0.5) is 0 Å². The monoisotopic (exact) mass is 188 g/mol. The highest BCUT2D eigenvalue weighted by atomic mass is 35.5. The number of alkyl halides is 1. The van der Waals surface area contributed by atoms with Crippen LogP contribution in [-0.2, 0) is 0 Å². The van der Waals surface area contributed by atoms with E-state index in [1.807, 2.05) is 31.2 Å². The Morgan fingerprint density at radius 2 is 2.00 bits per heavy atom. The minimum Gasteiger partial charge on any atom is -0.118 e. The van der Waals surface area contributed by atoms with Gasteiger partial charge in [-0.05, 0) is 18.1 Å². The Kier molecular flexibility index (Phi) is 3.22. The third-order valence-corrected chi connectivity index (χ3v) is 2.49. The van der Waals surface area contributed by atoms with E-state index in [-0.39, 0.29) is 5.38 Å². The zero-order valence-corrected chi connectivity index (χ0v) is 7.86. The summed E-state index contributed by atoms with van der Waals surface area (Å²) in [6.45, 7) is 2.04. The summed E-state index contributed by atoms with van der Waals surface area (Å²) in [5.74, 6) is 0. The van der Waals surface area contributed by atoms with Crippen molar-refractivity contribution in [2.45, 2.75) is 18.7 Å². The van der Waals surface area contributed by atoms with Crippen LogP contribution in [-0.4, -0.2) is 0 Å². The van der Waals surface area contributed by atoms with Crippen molar-refractivity contribution < 1.29 is 0 Å². The predicted octanol–water partition coefficient (Wildman–Crippen LogP) is 4.03. The van der Waals surface area contributed by atoms with Crippen molar-refractivity contribution in [3.63, 3.8) is 0 Å². The first kappa shape index (κ1) is 8.89. The first-order valence-electron chi connectivity index (χ1n) is 3.64. The Bertz CT molecular complexity index is 233. The fraction of sp³-hybridized carbons (Fsp3) is 0.333. The van der Waals surface area contributed by atoms with E-state index >= 15 is 0 Å². The van der Waals surface area contributed by atoms with Crippen LogP contribution >= 0.6 is 23.2 Å². The Balaban J connectivity index is 2.93. The van der Waals surface area contributed by atoms with E-state index < -0.39 is 0 Å². The lowest BCUT2D eigenvalue weighted by molar-refractivity contribution is 0.884. The zero-order valence-electron chi connectivity index (χ0n) is 6.35. The van der Waals surface area contributed by atoms with Crippen molar-refractivity contribution in [3.8, 4) is 0 Å². The maximum Gasteiger partial charge on any atom is 0.0597 e. The van der Waals surface area contributed by atoms with Crippen molar-refractivity contribution >= 4 is 23.2 Å². The first-order chi connectivity index (χ1) is 5.25. The maximum absolute atomic E-state index is 6.01. The summed E-state index contributed by atoms with van der Waals surface area (Å²) in [6.07, 6.45) is 0.908. The summed E-state index contributed by atoms with van der Waals surface area (Å²) in [7, 11) is 0. The van der Waals surface area contributed by atoms with Crippen LogP contribution in [0.2, 0.25) is 5.02 Å². The topological polar surface area (TPSA) is 0 Å². The van der Waals surface area contributed by atoms with Gasteiger partial charge in [-0.1, -0.05) is 36.7 Å². The molecule has 1 rings (SSSR count). The minimum absolute atomic E-state index is 0.0451. The van der Waals surface area contributed by atoms with E-state index in [4.69, 9.17) is 23.2 Å². The Morgan fingerprint density at radius 3 is 2.55 bits per heavy atom. The van der Waals surface area contributed by atoms with Gasteiger partial charge in [0.2, 0.25) is 0 Å². The number of hydrogen-bond acceptors (Lipinski definition) is 0. The molecule has 1 aromatic carbocycles. The molecule has 0 radical (unpaired) electrons. The molecule has 0 saturated heterocycles. The van der Waals surface area contributed by atoms with Gasteiger partial charge < -0.3 is 0 Å². The number of rotatable bonds is 2. The van der Waals surface area contributed by atoms with Crippen LogP contribution < -0.4 is 0 Å². The summed E-state index contributed by atoms with van der Waals surface area (Å²) >= 11 is 11.9. The lowest BCUT2D eigenvalue weighted by Crippen LogP contribution is -1.88. The number of hydrogen-bond donors (Lipinski definition) is 0. The molecular formula is C9H10Cl2. The Hall–Kier alpha value is -0.200. The fourth-order valence-corrected chi connectivity index (χ4v) is 1.46. The molecule has 0 aliphatic rings. The third kappa shape index (κ3) is 2.11. The predicted molar refractivity (Wildman–Crippen MR) is 50.3 cm³/mol. The van der Waals surface area contributed by atoms with Gasteiger partial charge in [0.25, 0.3) is 0 Å². The van der Waals surface area contributed by atoms with Gasteiger partial charge in [0.1, 0.15) is 0 Å². The van der Waals surface area contributed by atoms with Crippen molar-refractivity contribution in [1.82, 2.24) is 0 Å². The average Bonchev–Trinajstić information content (AvgIpc) is 2.04. The summed E-state index contributed by atoms with van der Waals surface area (Å²) in [5, 5.41) is 0.804. The van der Waals surface area contributed by atoms with Gasteiger partial charge in [-0.25, -0.2) is 0 Å². The van der Waals surface area contributed by atoms with E-state index in [2.05, 4.69) is 0 Å². The number of halogens is 2. The second kappa shape index (κ2) is 3.99. The summed E-state index contributed by atoms with van der Waals surface area (Å²) in [4.78, 5) is 0. The largest absolute Gasteiger partial charge is 0.118 e. The SMILES string of the molecule is CCC(Cl)c1ccccc1Cl. The molecule has 11 heavy (non-hydrogen) atoms. The van der Waals surface area contributed by atoms with E-state index in [0.717, 1.165) is 17.0 Å². The summed E-state index contributed by atoms with van der Waals surface area (Å²) in [5.41, 5.74) is 1.03. The Labute approximate surface area is 77.1 Å². The van der Waals surface area contributed by atoms with E-state index in [1.54, 1.807) is 0 Å². The zero-order chi connectivity index (χ0) is 8.27. The first-order valence-corrected chi connectivity index (χ1v) is 4.45. The molecule has 1 unspecified atom stereocenters. The highest BCUT2D eigenvalue weighted by Gasteiger charge is 2.07. The minimum atomic E-state index is 0.0451. The van der Waals surface area contributed by atoms with E-state index in [1.165, 1.54) is 0 Å². The normalized spacial score (nSPS) is 13.0. The third-order valence-electron chi connectivity index (χ3n) is 1.60. The summed E-state index contributed by atoms with van der Waals surface area (Å²) in [6, 6.07) is 7.68. The van der Waals surface area contributed by atoms with Gasteiger partial charge in [0.15, 0.2) is 0 Å². The molecule has 0 spiro atoms.